The van der Waals surface area contributed by atoms with Gasteiger partial charge in [-0.1, -0.05) is 0 Å². The maximum atomic E-state index is 11.7. The summed E-state index contributed by atoms with van der Waals surface area (Å²) < 4.78 is 21.9. The maximum Gasteiger partial charge on any atom is 0.363 e. The van der Waals surface area contributed by atoms with Crippen molar-refractivity contribution in [3.63, 3.8) is 0 Å². The van der Waals surface area contributed by atoms with Crippen molar-refractivity contribution in [1.29, 1.82) is 0 Å². The molecule has 1 aliphatic rings. The van der Waals surface area contributed by atoms with Gasteiger partial charge in [0.05, 0.1) is 6.61 Å². The molecule has 2 rings (SSSR count). The van der Waals surface area contributed by atoms with Gasteiger partial charge >= 0.3 is 13.3 Å². The van der Waals surface area contributed by atoms with E-state index in [0.717, 1.165) is 16.8 Å². The Balaban J connectivity index is 2.14. The third-order valence-electron chi connectivity index (χ3n) is 3.43. The Morgan fingerprint density at radius 1 is 1.40 bits per heavy atom. The van der Waals surface area contributed by atoms with Crippen molar-refractivity contribution in [2.45, 2.75) is 30.4 Å². The average molecular weight is 381 g/mol. The molecule has 0 saturated carbocycles. The smallest absolute Gasteiger partial charge is 0.363 e. The number of carbonyl (C=O) groups is 1. The number of nitrogens with zero attached hydrogens (tertiary/aromatic N) is 1. The van der Waals surface area contributed by atoms with Crippen molar-refractivity contribution in [3.05, 3.63) is 33.1 Å². The van der Waals surface area contributed by atoms with E-state index in [0.29, 0.717) is 0 Å². The first-order chi connectivity index (χ1) is 11.5. The van der Waals surface area contributed by atoms with Gasteiger partial charge in [-0.15, -0.1) is 0 Å². The molecule has 13 nitrogen and oxygen atoms in total. The molecule has 1 aromatic heterocycles. The van der Waals surface area contributed by atoms with Crippen molar-refractivity contribution in [2.75, 3.05) is 6.61 Å². The zero-order chi connectivity index (χ0) is 18.9. The van der Waals surface area contributed by atoms with Crippen molar-refractivity contribution in [2.24, 2.45) is 5.73 Å². The zero-order valence-electron chi connectivity index (χ0n) is 12.5. The van der Waals surface area contributed by atoms with Gasteiger partial charge in [0.2, 0.25) is 5.85 Å². The number of H-pyrrole nitrogens is 1. The zero-order valence-corrected chi connectivity index (χ0v) is 13.4. The molecular weight excluding hydrogens is 365 g/mol. The quantitative estimate of drug-likeness (QED) is 0.264. The summed E-state index contributed by atoms with van der Waals surface area (Å²) in [5.74, 6) is -3.68. The second-order valence-corrected chi connectivity index (χ2v) is 6.89. The third-order valence-corrected chi connectivity index (χ3v) is 4.44. The summed E-state index contributed by atoms with van der Waals surface area (Å²) in [5.41, 5.74) is 3.25. The first-order valence-corrected chi connectivity index (χ1v) is 8.49. The summed E-state index contributed by atoms with van der Waals surface area (Å²) in [5, 5.41) is 19.9. The molecule has 7 N–H and O–H groups in total. The van der Waals surface area contributed by atoms with Gasteiger partial charge < -0.3 is 35.2 Å². The van der Waals surface area contributed by atoms with Gasteiger partial charge in [0, 0.05) is 12.3 Å². The predicted octanol–water partition coefficient (Wildman–Crippen LogP) is -3.84. The molecule has 0 aliphatic carbocycles. The van der Waals surface area contributed by atoms with Crippen LogP contribution in [0.4, 0.5) is 0 Å². The van der Waals surface area contributed by atoms with Gasteiger partial charge in [-0.05, 0) is 0 Å². The number of nitrogens with two attached hydrogens (primary N) is 1. The van der Waals surface area contributed by atoms with Crippen molar-refractivity contribution in [1.82, 2.24) is 9.55 Å². The number of primary amides is 1. The molecule has 1 fully saturated rings. The normalized spacial score (nSPS) is 28.0. The fourth-order valence-corrected chi connectivity index (χ4v) is 2.87. The van der Waals surface area contributed by atoms with Crippen LogP contribution in [0, 0.1) is 0 Å². The van der Waals surface area contributed by atoms with Crippen molar-refractivity contribution >= 4 is 13.5 Å². The van der Waals surface area contributed by atoms with Gasteiger partial charge in [-0.3, -0.25) is 23.7 Å². The Kier molecular flexibility index (Phi) is 5.58. The summed E-state index contributed by atoms with van der Waals surface area (Å²) in [4.78, 5) is 53.7. The first kappa shape index (κ1) is 19.5. The highest BCUT2D eigenvalue weighted by Gasteiger charge is 2.45. The highest BCUT2D eigenvalue weighted by Crippen LogP contribution is 2.42. The minimum atomic E-state index is -5.00. The highest BCUT2D eigenvalue weighted by atomic mass is 31.2. The van der Waals surface area contributed by atoms with E-state index in [4.69, 9.17) is 25.0 Å². The first-order valence-electron chi connectivity index (χ1n) is 6.81. The minimum Gasteiger partial charge on any atom is -0.387 e. The fraction of sp³-hybridized carbons (Fsp3) is 0.545. The lowest BCUT2D eigenvalue weighted by Crippen LogP contribution is -2.38. The van der Waals surface area contributed by atoms with Crippen molar-refractivity contribution < 1.29 is 38.8 Å². The molecule has 0 radical (unpaired) electrons. The molecule has 5 atom stereocenters. The Bertz CT molecular complexity index is 800. The van der Waals surface area contributed by atoms with E-state index in [2.05, 4.69) is 0 Å². The number of amides is 1. The van der Waals surface area contributed by atoms with Crippen LogP contribution in [-0.4, -0.2) is 66.2 Å². The molecule has 1 amide bonds. The molecule has 0 spiro atoms. The van der Waals surface area contributed by atoms with Gasteiger partial charge in [-0.25, -0.2) is 4.79 Å². The Hall–Kier alpha value is -1.86. The molecule has 2 heterocycles. The molecule has 0 bridgehead atoms. The fourth-order valence-electron chi connectivity index (χ4n) is 2.26. The molecule has 1 aromatic rings. The van der Waals surface area contributed by atoms with Crippen LogP contribution in [0.3, 0.4) is 0 Å². The summed E-state index contributed by atoms with van der Waals surface area (Å²) in [6.45, 7) is -0.703. The maximum absolute atomic E-state index is 11.7. The van der Waals surface area contributed by atoms with Gasteiger partial charge in [0.15, 0.2) is 6.23 Å². The minimum absolute atomic E-state index is 0.680. The molecule has 140 valence electrons. The number of aliphatic hydroxyl groups is 2. The number of rotatable bonds is 6. The molecule has 1 aliphatic heterocycles. The van der Waals surface area contributed by atoms with Crippen LogP contribution in [-0.2, 0) is 18.8 Å². The van der Waals surface area contributed by atoms with Crippen LogP contribution in [0.2, 0.25) is 0 Å². The molecular formula is C11H16N3O10P. The van der Waals surface area contributed by atoms with Crippen LogP contribution >= 0.6 is 7.60 Å². The molecule has 5 unspecified atom stereocenters. The van der Waals surface area contributed by atoms with Gasteiger partial charge in [-0.2, -0.15) is 0 Å². The van der Waals surface area contributed by atoms with E-state index in [9.17, 15) is 29.2 Å². The van der Waals surface area contributed by atoms with E-state index < -0.39 is 61.7 Å². The lowest BCUT2D eigenvalue weighted by Gasteiger charge is -2.20. The SMILES string of the molecule is NC(=O)C(OCC1OC(n2ccc(=O)[nH]c2=O)C(O)C1O)P(=O)(O)O. The molecule has 25 heavy (non-hydrogen) atoms. The summed E-state index contributed by atoms with van der Waals surface area (Å²) >= 11 is 0. The summed E-state index contributed by atoms with van der Waals surface area (Å²) in [7, 11) is -5.00. The third kappa shape index (κ3) is 4.22. The van der Waals surface area contributed by atoms with E-state index in [1.165, 1.54) is 0 Å². The molecule has 1 saturated heterocycles. The van der Waals surface area contributed by atoms with E-state index >= 15 is 0 Å². The monoisotopic (exact) mass is 381 g/mol. The Morgan fingerprint density at radius 3 is 2.56 bits per heavy atom. The lowest BCUT2D eigenvalue weighted by molar-refractivity contribution is -0.129. The number of carbonyl (C=O) groups excluding carboxylic acids is 1. The number of nitrogens with one attached hydrogen (secondary N) is 1. The lowest BCUT2D eigenvalue weighted by atomic mass is 10.1. The van der Waals surface area contributed by atoms with E-state index in [1.54, 1.807) is 0 Å². The van der Waals surface area contributed by atoms with Crippen LogP contribution in [0.25, 0.3) is 0 Å². The summed E-state index contributed by atoms with van der Waals surface area (Å²) in [6.07, 6.45) is -4.90. The number of ether oxygens (including phenoxy) is 2. The largest absolute Gasteiger partial charge is 0.387 e. The second-order valence-electron chi connectivity index (χ2n) is 5.24. The van der Waals surface area contributed by atoms with Gasteiger partial charge in [0.25, 0.3) is 11.5 Å². The average Bonchev–Trinajstić information content (AvgIpc) is 2.74. The highest BCUT2D eigenvalue weighted by molar-refractivity contribution is 7.53. The number of hydrogen-bond donors (Lipinski definition) is 6. The van der Waals surface area contributed by atoms with E-state index in [1.807, 2.05) is 4.98 Å². The van der Waals surface area contributed by atoms with Crippen LogP contribution in [0.5, 0.6) is 0 Å². The molecule has 0 aromatic carbocycles. The number of aromatic nitrogens is 2. The standard InChI is InChI=1S/C11H16N3O10P/c12-8(18)10(25(20,21)22)23-3-4-6(16)7(17)9(24-4)14-2-1-5(15)13-11(14)19/h1-2,4,6-7,9-10,16-17H,3H2,(H2,12,18)(H,13,15,19)(H2,20,21,22). The van der Waals surface area contributed by atoms with Crippen LogP contribution < -0.4 is 17.0 Å². The van der Waals surface area contributed by atoms with Crippen LogP contribution in [0.15, 0.2) is 21.9 Å². The van der Waals surface area contributed by atoms with Crippen LogP contribution in [0.1, 0.15) is 6.23 Å². The predicted molar refractivity (Wildman–Crippen MR) is 78.2 cm³/mol. The topological polar surface area (TPSA) is 214 Å². The van der Waals surface area contributed by atoms with Crippen molar-refractivity contribution in [3.8, 4) is 0 Å². The molecule has 14 heteroatoms. The number of aromatic amines is 1. The Labute approximate surface area is 138 Å². The second kappa shape index (κ2) is 7.17. The summed E-state index contributed by atoms with van der Waals surface area (Å²) in [6, 6.07) is 0.991. The Morgan fingerprint density at radius 2 is 2.04 bits per heavy atom. The van der Waals surface area contributed by atoms with E-state index in [-0.39, 0.29) is 0 Å². The van der Waals surface area contributed by atoms with Gasteiger partial charge in [0.1, 0.15) is 18.3 Å². The number of aliphatic hydroxyl groups excluding tert-OH is 2. The number of hydrogen-bond acceptors (Lipinski definition) is 8.